The van der Waals surface area contributed by atoms with Crippen molar-refractivity contribution in [3.05, 3.63) is 59.7 Å². The van der Waals surface area contributed by atoms with Gasteiger partial charge in [-0.2, -0.15) is 0 Å². The highest BCUT2D eigenvalue weighted by Gasteiger charge is 2.29. The van der Waals surface area contributed by atoms with Crippen LogP contribution < -0.4 is 20.7 Å². The third-order valence-electron chi connectivity index (χ3n) is 3.48. The molecule has 0 aliphatic carbocycles. The molecule has 1 aliphatic rings. The molecule has 0 saturated carbocycles. The molecule has 2 aromatic rings. The summed E-state index contributed by atoms with van der Waals surface area (Å²) in [5.41, 5.74) is 5.13. The fraction of sp³-hybridized carbons (Fsp3) is 0.250. The molecular formula is C16H18N2O2. The molecule has 0 amide bonds. The number of fused-ring (bicyclic) bond motifs is 1. The van der Waals surface area contributed by atoms with Crippen LogP contribution in [0.15, 0.2) is 48.5 Å². The average molecular weight is 270 g/mol. The SMILES string of the molecule is Cc1cccc(C(NN)C2COc3ccccc3O2)c1. The third kappa shape index (κ3) is 2.48. The van der Waals surface area contributed by atoms with E-state index < -0.39 is 0 Å². The molecule has 0 spiro atoms. The third-order valence-corrected chi connectivity index (χ3v) is 3.48. The van der Waals surface area contributed by atoms with Gasteiger partial charge in [0.1, 0.15) is 6.61 Å². The highest BCUT2D eigenvalue weighted by Crippen LogP contribution is 2.34. The molecule has 1 heterocycles. The molecule has 0 bridgehead atoms. The van der Waals surface area contributed by atoms with Gasteiger partial charge in [0.15, 0.2) is 17.6 Å². The predicted molar refractivity (Wildman–Crippen MR) is 77.6 cm³/mol. The molecule has 4 nitrogen and oxygen atoms in total. The van der Waals surface area contributed by atoms with Gasteiger partial charge < -0.3 is 9.47 Å². The van der Waals surface area contributed by atoms with Crippen molar-refractivity contribution in [2.24, 2.45) is 5.84 Å². The van der Waals surface area contributed by atoms with E-state index in [1.54, 1.807) is 0 Å². The van der Waals surface area contributed by atoms with Crippen molar-refractivity contribution in [3.8, 4) is 11.5 Å². The largest absolute Gasteiger partial charge is 0.486 e. The van der Waals surface area contributed by atoms with E-state index in [0.717, 1.165) is 17.1 Å². The van der Waals surface area contributed by atoms with Crippen LogP contribution in [-0.2, 0) is 0 Å². The Kier molecular flexibility index (Phi) is 3.58. The number of para-hydroxylation sites is 2. The van der Waals surface area contributed by atoms with Gasteiger partial charge >= 0.3 is 0 Å². The van der Waals surface area contributed by atoms with E-state index >= 15 is 0 Å². The van der Waals surface area contributed by atoms with Crippen LogP contribution in [0.4, 0.5) is 0 Å². The van der Waals surface area contributed by atoms with E-state index in [0.29, 0.717) is 6.61 Å². The van der Waals surface area contributed by atoms with Crippen LogP contribution in [0, 0.1) is 6.92 Å². The number of rotatable bonds is 3. The minimum Gasteiger partial charge on any atom is -0.486 e. The number of aryl methyl sites for hydroxylation is 1. The van der Waals surface area contributed by atoms with Crippen LogP contribution in [0.3, 0.4) is 0 Å². The normalized spacial score (nSPS) is 18.6. The first-order chi connectivity index (χ1) is 9.78. The predicted octanol–water partition coefficient (Wildman–Crippen LogP) is 2.34. The second-order valence-corrected chi connectivity index (χ2v) is 4.97. The van der Waals surface area contributed by atoms with E-state index in [9.17, 15) is 0 Å². The van der Waals surface area contributed by atoms with Crippen molar-refractivity contribution in [1.29, 1.82) is 0 Å². The summed E-state index contributed by atoms with van der Waals surface area (Å²) in [6.45, 7) is 2.53. The Morgan fingerprint density at radius 3 is 2.70 bits per heavy atom. The van der Waals surface area contributed by atoms with E-state index in [1.165, 1.54) is 5.56 Å². The van der Waals surface area contributed by atoms with Crippen molar-refractivity contribution < 1.29 is 9.47 Å². The van der Waals surface area contributed by atoms with Crippen LogP contribution in [-0.4, -0.2) is 12.7 Å². The van der Waals surface area contributed by atoms with Gasteiger partial charge in [0.2, 0.25) is 0 Å². The molecule has 0 saturated heterocycles. The highest BCUT2D eigenvalue weighted by atomic mass is 16.6. The second kappa shape index (κ2) is 5.53. The zero-order chi connectivity index (χ0) is 13.9. The quantitative estimate of drug-likeness (QED) is 0.664. The van der Waals surface area contributed by atoms with Crippen molar-refractivity contribution >= 4 is 0 Å². The van der Waals surface area contributed by atoms with Gasteiger partial charge in [-0.05, 0) is 24.6 Å². The van der Waals surface area contributed by atoms with Crippen LogP contribution in [0.25, 0.3) is 0 Å². The molecule has 3 N–H and O–H groups in total. The van der Waals surface area contributed by atoms with Crippen molar-refractivity contribution in [2.75, 3.05) is 6.61 Å². The molecule has 1 aliphatic heterocycles. The molecule has 2 aromatic carbocycles. The molecule has 0 radical (unpaired) electrons. The molecular weight excluding hydrogens is 252 g/mol. The fourth-order valence-corrected chi connectivity index (χ4v) is 2.48. The summed E-state index contributed by atoms with van der Waals surface area (Å²) in [5.74, 6) is 7.26. The number of nitrogens with two attached hydrogens (primary N) is 1. The maximum Gasteiger partial charge on any atom is 0.161 e. The number of hydrazine groups is 1. The summed E-state index contributed by atoms with van der Waals surface area (Å²) in [5, 5.41) is 0. The summed E-state index contributed by atoms with van der Waals surface area (Å²) < 4.78 is 11.8. The van der Waals surface area contributed by atoms with Gasteiger partial charge in [-0.1, -0.05) is 42.0 Å². The van der Waals surface area contributed by atoms with Crippen LogP contribution in [0.2, 0.25) is 0 Å². The summed E-state index contributed by atoms with van der Waals surface area (Å²) in [4.78, 5) is 0. The Hall–Kier alpha value is -2.04. The lowest BCUT2D eigenvalue weighted by atomic mass is 10.00. The monoisotopic (exact) mass is 270 g/mol. The Labute approximate surface area is 118 Å². The first-order valence-electron chi connectivity index (χ1n) is 6.69. The standard InChI is InChI=1S/C16H18N2O2/c1-11-5-4-6-12(9-11)16(18-17)15-10-19-13-7-2-3-8-14(13)20-15/h2-9,15-16,18H,10,17H2,1H3. The van der Waals surface area contributed by atoms with Gasteiger partial charge in [0, 0.05) is 0 Å². The minimum atomic E-state index is -0.156. The minimum absolute atomic E-state index is 0.108. The average Bonchev–Trinajstić information content (AvgIpc) is 2.48. The van der Waals surface area contributed by atoms with Crippen molar-refractivity contribution in [3.63, 3.8) is 0 Å². The lowest BCUT2D eigenvalue weighted by Gasteiger charge is -2.32. The van der Waals surface area contributed by atoms with Crippen LogP contribution in [0.5, 0.6) is 11.5 Å². The Balaban J connectivity index is 1.85. The first-order valence-corrected chi connectivity index (χ1v) is 6.69. The Morgan fingerprint density at radius 1 is 1.15 bits per heavy atom. The van der Waals surface area contributed by atoms with Gasteiger partial charge in [-0.25, -0.2) is 5.43 Å². The van der Waals surface area contributed by atoms with E-state index in [1.807, 2.05) is 36.4 Å². The van der Waals surface area contributed by atoms with Gasteiger partial charge in [-0.15, -0.1) is 0 Å². The number of hydrogen-bond donors (Lipinski definition) is 2. The van der Waals surface area contributed by atoms with Gasteiger partial charge in [-0.3, -0.25) is 5.84 Å². The molecule has 0 fully saturated rings. The highest BCUT2D eigenvalue weighted by molar-refractivity contribution is 5.41. The summed E-state index contributed by atoms with van der Waals surface area (Å²) >= 11 is 0. The maximum absolute atomic E-state index is 6.01. The lowest BCUT2D eigenvalue weighted by Crippen LogP contribution is -2.44. The number of benzene rings is 2. The van der Waals surface area contributed by atoms with Gasteiger partial charge in [0.05, 0.1) is 6.04 Å². The van der Waals surface area contributed by atoms with Crippen molar-refractivity contribution in [2.45, 2.75) is 19.1 Å². The summed E-state index contributed by atoms with van der Waals surface area (Å²) in [7, 11) is 0. The molecule has 4 heteroatoms. The van der Waals surface area contributed by atoms with E-state index in [4.69, 9.17) is 15.3 Å². The Bertz CT molecular complexity index is 601. The fourth-order valence-electron chi connectivity index (χ4n) is 2.48. The number of ether oxygens (including phenoxy) is 2. The number of hydrogen-bond acceptors (Lipinski definition) is 4. The van der Waals surface area contributed by atoms with E-state index in [-0.39, 0.29) is 12.1 Å². The van der Waals surface area contributed by atoms with Crippen molar-refractivity contribution in [1.82, 2.24) is 5.43 Å². The zero-order valence-electron chi connectivity index (χ0n) is 11.4. The molecule has 3 rings (SSSR count). The Morgan fingerprint density at radius 2 is 1.95 bits per heavy atom. The maximum atomic E-state index is 6.01. The van der Waals surface area contributed by atoms with Gasteiger partial charge in [0.25, 0.3) is 0 Å². The summed E-state index contributed by atoms with van der Waals surface area (Å²) in [6, 6.07) is 15.8. The topological polar surface area (TPSA) is 56.5 Å². The smallest absolute Gasteiger partial charge is 0.161 e. The molecule has 2 atom stereocenters. The second-order valence-electron chi connectivity index (χ2n) is 4.97. The molecule has 20 heavy (non-hydrogen) atoms. The summed E-state index contributed by atoms with van der Waals surface area (Å²) in [6.07, 6.45) is -0.156. The van der Waals surface area contributed by atoms with E-state index in [2.05, 4.69) is 24.5 Å². The number of nitrogens with one attached hydrogen (secondary N) is 1. The zero-order valence-corrected chi connectivity index (χ0v) is 11.4. The van der Waals surface area contributed by atoms with Crippen LogP contribution in [0.1, 0.15) is 17.2 Å². The molecule has 2 unspecified atom stereocenters. The molecule has 0 aromatic heterocycles. The first kappa shape index (κ1) is 13.0. The molecule has 104 valence electrons. The lowest BCUT2D eigenvalue weighted by molar-refractivity contribution is 0.0617. The van der Waals surface area contributed by atoms with Crippen LogP contribution >= 0.6 is 0 Å².